The maximum atomic E-state index is 11.1. The maximum Gasteiger partial charge on any atom is 0.213 e. The minimum Gasteiger partial charge on any atom is -0.497 e. The maximum absolute atomic E-state index is 11.1. The zero-order chi connectivity index (χ0) is 14.0. The molecule has 0 aliphatic rings. The summed E-state index contributed by atoms with van der Waals surface area (Å²) < 4.78 is 29.0. The highest BCUT2D eigenvalue weighted by Crippen LogP contribution is 2.18. The number of nitrogens with two attached hydrogens (primary N) is 1. The van der Waals surface area contributed by atoms with Crippen LogP contribution in [0.4, 0.5) is 0 Å². The van der Waals surface area contributed by atoms with E-state index >= 15 is 0 Å². The average molecular weight is 281 g/mol. The minimum absolute atomic E-state index is 0.219. The highest BCUT2D eigenvalue weighted by molar-refractivity contribution is 7.88. The van der Waals surface area contributed by atoms with Crippen molar-refractivity contribution in [3.05, 3.63) is 41.7 Å². The topological polar surface area (TPSA) is 87.2 Å². The van der Waals surface area contributed by atoms with Crippen molar-refractivity contribution in [3.63, 3.8) is 0 Å². The van der Waals surface area contributed by atoms with Crippen LogP contribution in [0.25, 0.3) is 5.69 Å². The van der Waals surface area contributed by atoms with Gasteiger partial charge in [-0.15, -0.1) is 0 Å². The fourth-order valence-corrected chi connectivity index (χ4v) is 2.46. The number of primary sulfonamides is 1. The van der Waals surface area contributed by atoms with Crippen LogP contribution < -0.4 is 9.88 Å². The first kappa shape index (κ1) is 13.6. The molecule has 0 unspecified atom stereocenters. The van der Waals surface area contributed by atoms with Crippen LogP contribution in [0.5, 0.6) is 5.75 Å². The highest BCUT2D eigenvalue weighted by atomic mass is 32.2. The largest absolute Gasteiger partial charge is 0.497 e. The highest BCUT2D eigenvalue weighted by Gasteiger charge is 2.12. The molecule has 1 heterocycles. The van der Waals surface area contributed by atoms with Gasteiger partial charge in [0, 0.05) is 17.8 Å². The molecule has 0 amide bonds. The molecule has 0 fully saturated rings. The minimum atomic E-state index is -3.56. The third-order valence-corrected chi connectivity index (χ3v) is 3.39. The van der Waals surface area contributed by atoms with E-state index in [1.54, 1.807) is 24.9 Å². The van der Waals surface area contributed by atoms with Crippen molar-refractivity contribution in [3.8, 4) is 11.4 Å². The summed E-state index contributed by atoms with van der Waals surface area (Å²) in [7, 11) is -1.98. The molecule has 0 aliphatic carbocycles. The zero-order valence-corrected chi connectivity index (χ0v) is 11.5. The molecular weight excluding hydrogens is 266 g/mol. The van der Waals surface area contributed by atoms with Crippen molar-refractivity contribution >= 4 is 10.0 Å². The van der Waals surface area contributed by atoms with Crippen molar-refractivity contribution in [1.29, 1.82) is 0 Å². The van der Waals surface area contributed by atoms with E-state index < -0.39 is 10.0 Å². The first-order valence-corrected chi connectivity index (χ1v) is 7.30. The van der Waals surface area contributed by atoms with Crippen molar-refractivity contribution in [2.45, 2.75) is 12.7 Å². The van der Waals surface area contributed by atoms with Crippen LogP contribution in [-0.4, -0.2) is 25.3 Å². The molecule has 0 bridgehead atoms. The molecule has 0 atom stereocenters. The summed E-state index contributed by atoms with van der Waals surface area (Å²) in [6.45, 7) is 1.75. The Morgan fingerprint density at radius 1 is 1.42 bits per heavy atom. The van der Waals surface area contributed by atoms with Crippen molar-refractivity contribution < 1.29 is 13.2 Å². The van der Waals surface area contributed by atoms with Crippen LogP contribution in [0.15, 0.2) is 30.5 Å². The lowest BCUT2D eigenvalue weighted by Gasteiger charge is -2.03. The van der Waals surface area contributed by atoms with E-state index in [2.05, 4.69) is 5.10 Å². The Hall–Kier alpha value is -1.86. The molecule has 2 rings (SSSR count). The third-order valence-electron chi connectivity index (χ3n) is 2.68. The van der Waals surface area contributed by atoms with Crippen LogP contribution in [-0.2, 0) is 15.8 Å². The van der Waals surface area contributed by atoms with Gasteiger partial charge in [-0.3, -0.25) is 0 Å². The number of sulfonamides is 1. The van der Waals surface area contributed by atoms with E-state index in [4.69, 9.17) is 9.88 Å². The lowest BCUT2D eigenvalue weighted by atomic mass is 10.3. The summed E-state index contributed by atoms with van der Waals surface area (Å²) >= 11 is 0. The van der Waals surface area contributed by atoms with Gasteiger partial charge < -0.3 is 4.74 Å². The third kappa shape index (κ3) is 3.33. The predicted molar refractivity (Wildman–Crippen MR) is 71.7 cm³/mol. The quantitative estimate of drug-likeness (QED) is 0.905. The Kier molecular flexibility index (Phi) is 3.59. The Bertz CT molecular complexity index is 692. The molecule has 1 aromatic carbocycles. The van der Waals surface area contributed by atoms with Gasteiger partial charge in [0.1, 0.15) is 5.75 Å². The monoisotopic (exact) mass is 281 g/mol. The van der Waals surface area contributed by atoms with Gasteiger partial charge in [0.2, 0.25) is 10.0 Å². The Labute approximate surface area is 111 Å². The molecule has 6 nitrogen and oxygen atoms in total. The fraction of sp³-hybridized carbons (Fsp3) is 0.250. The number of methoxy groups -OCH3 is 1. The van der Waals surface area contributed by atoms with Crippen molar-refractivity contribution in [1.82, 2.24) is 9.78 Å². The molecule has 0 saturated carbocycles. The molecular formula is C12H15N3O3S. The number of benzene rings is 1. The summed E-state index contributed by atoms with van der Waals surface area (Å²) in [4.78, 5) is 0. The van der Waals surface area contributed by atoms with E-state index in [1.807, 2.05) is 24.3 Å². The molecule has 2 N–H and O–H groups in total. The van der Waals surface area contributed by atoms with Gasteiger partial charge in [0.15, 0.2) is 0 Å². The van der Waals surface area contributed by atoms with E-state index in [1.165, 1.54) is 0 Å². The van der Waals surface area contributed by atoms with Gasteiger partial charge in [-0.1, -0.05) is 6.07 Å². The number of nitrogens with zero attached hydrogens (tertiary/aromatic N) is 2. The van der Waals surface area contributed by atoms with E-state index in [0.29, 0.717) is 17.0 Å². The van der Waals surface area contributed by atoms with Gasteiger partial charge >= 0.3 is 0 Å². The van der Waals surface area contributed by atoms with Crippen molar-refractivity contribution in [2.75, 3.05) is 7.11 Å². The molecule has 19 heavy (non-hydrogen) atoms. The van der Waals surface area contributed by atoms with Crippen molar-refractivity contribution in [2.24, 2.45) is 5.14 Å². The Balaban J connectivity index is 2.38. The number of aromatic nitrogens is 2. The van der Waals surface area contributed by atoms with Crippen LogP contribution in [0.3, 0.4) is 0 Å². The van der Waals surface area contributed by atoms with Gasteiger partial charge in [-0.2, -0.15) is 5.10 Å². The summed E-state index contributed by atoms with van der Waals surface area (Å²) in [5, 5.41) is 9.33. The molecule has 2 aromatic rings. The fourth-order valence-electron chi connectivity index (χ4n) is 1.74. The molecule has 102 valence electrons. The van der Waals surface area contributed by atoms with E-state index in [0.717, 1.165) is 5.69 Å². The normalized spacial score (nSPS) is 11.5. The number of hydrogen-bond donors (Lipinski definition) is 1. The second-order valence-electron chi connectivity index (χ2n) is 4.19. The molecule has 1 aromatic heterocycles. The number of rotatable bonds is 4. The summed E-state index contributed by atoms with van der Waals surface area (Å²) in [5.41, 5.74) is 2.02. The Morgan fingerprint density at radius 2 is 2.16 bits per heavy atom. The summed E-state index contributed by atoms with van der Waals surface area (Å²) in [6, 6.07) is 7.33. The molecule has 7 heteroatoms. The van der Waals surface area contributed by atoms with E-state index in [9.17, 15) is 8.42 Å². The molecule has 0 saturated heterocycles. The molecule has 0 radical (unpaired) electrons. The predicted octanol–water partition coefficient (Wildman–Crippen LogP) is 0.978. The Morgan fingerprint density at radius 3 is 2.79 bits per heavy atom. The summed E-state index contributed by atoms with van der Waals surface area (Å²) in [5.74, 6) is 0.488. The van der Waals surface area contributed by atoms with Gasteiger partial charge in [0.05, 0.1) is 24.2 Å². The lowest BCUT2D eigenvalue weighted by Crippen LogP contribution is -2.14. The molecule has 0 spiro atoms. The second-order valence-corrected chi connectivity index (χ2v) is 5.81. The van der Waals surface area contributed by atoms with Crippen LogP contribution in [0, 0.1) is 6.92 Å². The van der Waals surface area contributed by atoms with Crippen LogP contribution in [0.2, 0.25) is 0 Å². The smallest absolute Gasteiger partial charge is 0.213 e. The van der Waals surface area contributed by atoms with Gasteiger partial charge in [-0.25, -0.2) is 18.2 Å². The van der Waals surface area contributed by atoms with Gasteiger partial charge in [-0.05, 0) is 19.1 Å². The van der Waals surface area contributed by atoms with Crippen LogP contribution in [0.1, 0.15) is 11.3 Å². The first-order chi connectivity index (χ1) is 8.89. The number of ether oxygens (including phenoxy) is 1. The van der Waals surface area contributed by atoms with Crippen LogP contribution >= 0.6 is 0 Å². The first-order valence-electron chi connectivity index (χ1n) is 5.59. The number of hydrogen-bond acceptors (Lipinski definition) is 4. The van der Waals surface area contributed by atoms with Gasteiger partial charge in [0.25, 0.3) is 0 Å². The van der Waals surface area contributed by atoms with E-state index in [-0.39, 0.29) is 5.75 Å². The SMILES string of the molecule is COc1cccc(-n2cc(CS(N)(=O)=O)c(C)n2)c1. The second kappa shape index (κ2) is 5.02. The lowest BCUT2D eigenvalue weighted by molar-refractivity contribution is 0.414. The molecule has 0 aliphatic heterocycles. The standard InChI is InChI=1S/C12H15N3O3S/c1-9-10(8-19(13,16)17)7-15(14-9)11-4-3-5-12(6-11)18-2/h3-7H,8H2,1-2H3,(H2,13,16,17). The average Bonchev–Trinajstić information content (AvgIpc) is 2.69. The summed E-state index contributed by atoms with van der Waals surface area (Å²) in [6.07, 6.45) is 1.66. The number of aryl methyl sites for hydroxylation is 1. The zero-order valence-electron chi connectivity index (χ0n) is 10.7.